The Kier molecular flexibility index (Phi) is 6.53. The van der Waals surface area contributed by atoms with Crippen LogP contribution in [-0.2, 0) is 14.9 Å². The highest BCUT2D eigenvalue weighted by molar-refractivity contribution is 5.87. The van der Waals surface area contributed by atoms with Gasteiger partial charge < -0.3 is 15.4 Å². The Balaban J connectivity index is 2.36. The summed E-state index contributed by atoms with van der Waals surface area (Å²) in [6, 6.07) is 9.83. The molecule has 106 valence electrons. The lowest BCUT2D eigenvalue weighted by atomic mass is 9.84. The zero-order chi connectivity index (χ0) is 14.1. The summed E-state index contributed by atoms with van der Waals surface area (Å²) < 4.78 is 4.93. The number of hydrogen-bond donors (Lipinski definition) is 2. The highest BCUT2D eigenvalue weighted by atomic mass is 16.5. The number of carbonyl (C=O) groups is 1. The van der Waals surface area contributed by atoms with E-state index in [0.717, 1.165) is 18.7 Å². The minimum Gasteiger partial charge on any atom is -0.383 e. The summed E-state index contributed by atoms with van der Waals surface area (Å²) in [7, 11) is 1.67. The van der Waals surface area contributed by atoms with Gasteiger partial charge >= 0.3 is 0 Å². The van der Waals surface area contributed by atoms with Crippen molar-refractivity contribution in [2.75, 3.05) is 33.4 Å². The third-order valence-corrected chi connectivity index (χ3v) is 3.13. The van der Waals surface area contributed by atoms with Gasteiger partial charge in [0, 0.05) is 26.7 Å². The van der Waals surface area contributed by atoms with Crippen LogP contribution in [0.4, 0.5) is 0 Å². The van der Waals surface area contributed by atoms with Gasteiger partial charge in [-0.2, -0.15) is 0 Å². The molecule has 0 aliphatic heterocycles. The van der Waals surface area contributed by atoms with Crippen LogP contribution in [0.25, 0.3) is 0 Å². The van der Waals surface area contributed by atoms with Crippen molar-refractivity contribution in [2.24, 2.45) is 0 Å². The van der Waals surface area contributed by atoms with Gasteiger partial charge in [-0.3, -0.25) is 4.79 Å². The van der Waals surface area contributed by atoms with E-state index in [2.05, 4.69) is 10.6 Å². The van der Waals surface area contributed by atoms with Crippen LogP contribution < -0.4 is 10.6 Å². The van der Waals surface area contributed by atoms with Gasteiger partial charge in [-0.15, -0.1) is 0 Å². The van der Waals surface area contributed by atoms with Crippen LogP contribution in [-0.4, -0.2) is 39.3 Å². The predicted octanol–water partition coefficient (Wildman–Crippen LogP) is 1.32. The maximum absolute atomic E-state index is 12.2. The Labute approximate surface area is 115 Å². The van der Waals surface area contributed by atoms with E-state index in [1.54, 1.807) is 7.11 Å². The molecule has 1 aromatic rings. The molecular formula is C15H24N2O2. The van der Waals surface area contributed by atoms with Crippen LogP contribution in [0, 0.1) is 0 Å². The number of ether oxygens (including phenoxy) is 1. The van der Waals surface area contributed by atoms with E-state index in [1.807, 2.05) is 44.2 Å². The van der Waals surface area contributed by atoms with E-state index in [0.29, 0.717) is 13.2 Å². The summed E-state index contributed by atoms with van der Waals surface area (Å²) in [5.74, 6) is 0.0484. The zero-order valence-corrected chi connectivity index (χ0v) is 12.0. The van der Waals surface area contributed by atoms with Crippen molar-refractivity contribution in [2.45, 2.75) is 19.3 Å². The molecule has 0 bridgehead atoms. The fraction of sp³-hybridized carbons (Fsp3) is 0.533. The van der Waals surface area contributed by atoms with E-state index in [4.69, 9.17) is 4.74 Å². The molecule has 0 saturated heterocycles. The molecule has 4 heteroatoms. The first-order valence-electron chi connectivity index (χ1n) is 6.62. The van der Waals surface area contributed by atoms with Gasteiger partial charge in [0.2, 0.25) is 5.91 Å². The lowest BCUT2D eigenvalue weighted by Gasteiger charge is -2.24. The van der Waals surface area contributed by atoms with Crippen LogP contribution in [0.1, 0.15) is 19.4 Å². The predicted molar refractivity (Wildman–Crippen MR) is 77.2 cm³/mol. The van der Waals surface area contributed by atoms with Crippen molar-refractivity contribution in [1.29, 1.82) is 0 Å². The molecule has 2 N–H and O–H groups in total. The molecule has 0 unspecified atom stereocenters. The Morgan fingerprint density at radius 3 is 2.47 bits per heavy atom. The summed E-state index contributed by atoms with van der Waals surface area (Å²) in [5.41, 5.74) is 0.521. The molecule has 0 aliphatic carbocycles. The van der Waals surface area contributed by atoms with Crippen molar-refractivity contribution in [3.63, 3.8) is 0 Å². The Bertz CT molecular complexity index is 377. The van der Waals surface area contributed by atoms with Crippen molar-refractivity contribution < 1.29 is 9.53 Å². The van der Waals surface area contributed by atoms with Crippen molar-refractivity contribution in [3.05, 3.63) is 35.9 Å². The van der Waals surface area contributed by atoms with Crippen LogP contribution in [0.5, 0.6) is 0 Å². The van der Waals surface area contributed by atoms with Crippen LogP contribution in [0.15, 0.2) is 30.3 Å². The van der Waals surface area contributed by atoms with Gasteiger partial charge in [0.25, 0.3) is 0 Å². The van der Waals surface area contributed by atoms with E-state index >= 15 is 0 Å². The minimum absolute atomic E-state index is 0.0484. The largest absolute Gasteiger partial charge is 0.383 e. The molecule has 0 radical (unpaired) electrons. The lowest BCUT2D eigenvalue weighted by Crippen LogP contribution is -2.42. The number of carbonyl (C=O) groups excluding carboxylic acids is 1. The monoisotopic (exact) mass is 264 g/mol. The van der Waals surface area contributed by atoms with Crippen LogP contribution >= 0.6 is 0 Å². The first-order valence-corrected chi connectivity index (χ1v) is 6.62. The number of hydrogen-bond acceptors (Lipinski definition) is 3. The molecule has 0 saturated carbocycles. The highest BCUT2D eigenvalue weighted by Gasteiger charge is 2.28. The Morgan fingerprint density at radius 1 is 1.16 bits per heavy atom. The van der Waals surface area contributed by atoms with Gasteiger partial charge in [-0.05, 0) is 19.4 Å². The van der Waals surface area contributed by atoms with E-state index < -0.39 is 5.41 Å². The molecule has 0 spiro atoms. The normalized spacial score (nSPS) is 11.3. The first-order chi connectivity index (χ1) is 9.09. The summed E-state index contributed by atoms with van der Waals surface area (Å²) in [4.78, 5) is 12.2. The van der Waals surface area contributed by atoms with Gasteiger partial charge in [-0.1, -0.05) is 30.3 Å². The average molecular weight is 264 g/mol. The molecule has 0 aliphatic rings. The Hall–Kier alpha value is -1.39. The molecule has 1 aromatic carbocycles. The molecule has 0 fully saturated rings. The summed E-state index contributed by atoms with van der Waals surface area (Å²) in [5, 5.41) is 6.15. The number of nitrogens with one attached hydrogen (secondary N) is 2. The third-order valence-electron chi connectivity index (χ3n) is 3.13. The van der Waals surface area contributed by atoms with Gasteiger partial charge in [-0.25, -0.2) is 0 Å². The first kappa shape index (κ1) is 15.7. The third kappa shape index (κ3) is 5.01. The molecule has 0 aromatic heterocycles. The standard InChI is InChI=1S/C15H24N2O2/c1-15(2,13-7-5-4-6-8-13)14(18)17-10-9-16-11-12-19-3/h4-8,16H,9-12H2,1-3H3,(H,17,18). The minimum atomic E-state index is -0.506. The van der Waals surface area contributed by atoms with Gasteiger partial charge in [0.05, 0.1) is 12.0 Å². The van der Waals surface area contributed by atoms with Gasteiger partial charge in [0.1, 0.15) is 0 Å². The fourth-order valence-corrected chi connectivity index (χ4v) is 1.77. The quantitative estimate of drug-likeness (QED) is 0.696. The summed E-state index contributed by atoms with van der Waals surface area (Å²) in [6.07, 6.45) is 0. The summed E-state index contributed by atoms with van der Waals surface area (Å²) in [6.45, 7) is 6.74. The number of methoxy groups -OCH3 is 1. The van der Waals surface area contributed by atoms with E-state index in [9.17, 15) is 4.79 Å². The number of rotatable bonds is 8. The highest BCUT2D eigenvalue weighted by Crippen LogP contribution is 2.22. The van der Waals surface area contributed by atoms with E-state index in [1.165, 1.54) is 0 Å². The SMILES string of the molecule is COCCNCCNC(=O)C(C)(C)c1ccccc1. The second-order valence-corrected chi connectivity index (χ2v) is 4.99. The van der Waals surface area contributed by atoms with Gasteiger partial charge in [0.15, 0.2) is 0 Å². The maximum atomic E-state index is 12.2. The molecule has 0 atom stereocenters. The molecule has 19 heavy (non-hydrogen) atoms. The van der Waals surface area contributed by atoms with E-state index in [-0.39, 0.29) is 5.91 Å². The molecule has 1 amide bonds. The molecule has 0 heterocycles. The average Bonchev–Trinajstić information content (AvgIpc) is 2.43. The topological polar surface area (TPSA) is 50.4 Å². The molecule has 4 nitrogen and oxygen atoms in total. The molecular weight excluding hydrogens is 240 g/mol. The van der Waals surface area contributed by atoms with Crippen LogP contribution in [0.2, 0.25) is 0 Å². The maximum Gasteiger partial charge on any atom is 0.230 e. The van der Waals surface area contributed by atoms with Crippen LogP contribution in [0.3, 0.4) is 0 Å². The number of benzene rings is 1. The smallest absolute Gasteiger partial charge is 0.230 e. The van der Waals surface area contributed by atoms with Crippen molar-refractivity contribution in [1.82, 2.24) is 10.6 Å². The lowest BCUT2D eigenvalue weighted by molar-refractivity contribution is -0.125. The fourth-order valence-electron chi connectivity index (χ4n) is 1.77. The zero-order valence-electron chi connectivity index (χ0n) is 12.0. The second-order valence-electron chi connectivity index (χ2n) is 4.99. The Morgan fingerprint density at radius 2 is 1.84 bits per heavy atom. The summed E-state index contributed by atoms with van der Waals surface area (Å²) >= 11 is 0. The van der Waals surface area contributed by atoms with Crippen molar-refractivity contribution in [3.8, 4) is 0 Å². The number of amides is 1. The second kappa shape index (κ2) is 7.92. The molecule has 1 rings (SSSR count). The van der Waals surface area contributed by atoms with Crippen molar-refractivity contribution >= 4 is 5.91 Å².